The van der Waals surface area contributed by atoms with Gasteiger partial charge in [0, 0.05) is 43.5 Å². The highest BCUT2D eigenvalue weighted by atomic mass is 35.5. The molecule has 2 amide bonds. The van der Waals surface area contributed by atoms with Crippen molar-refractivity contribution < 1.29 is 23.1 Å². The zero-order valence-corrected chi connectivity index (χ0v) is 23.7. The summed E-state index contributed by atoms with van der Waals surface area (Å²) >= 11 is 7.53. The zero-order valence-electron chi connectivity index (χ0n) is 21.3. The molecule has 4 heterocycles. The molecule has 1 saturated heterocycles. The number of benzene rings is 1. The summed E-state index contributed by atoms with van der Waals surface area (Å²) in [6.07, 6.45) is 3.98. The molecule has 5 rings (SSSR count). The Balaban J connectivity index is 1.36. The van der Waals surface area contributed by atoms with Crippen molar-refractivity contribution in [1.29, 1.82) is 0 Å². The number of pyridine rings is 1. The summed E-state index contributed by atoms with van der Waals surface area (Å²) in [4.78, 5) is 51.0. The minimum Gasteiger partial charge on any atom is -0.501 e. The Morgan fingerprint density at radius 1 is 1.10 bits per heavy atom. The van der Waals surface area contributed by atoms with Gasteiger partial charge in [-0.2, -0.15) is 4.98 Å². The SMILES string of the molecule is O=C1c2c(O)c(=O)nc([C@@H]3CCCN3C(=O)CSc3ccccc3Cl)n2CCN1CCS(=O)(=O)c1ccncc1. The van der Waals surface area contributed by atoms with Crippen LogP contribution in [-0.2, 0) is 21.2 Å². The highest BCUT2D eigenvalue weighted by Crippen LogP contribution is 2.35. The Labute approximate surface area is 239 Å². The second-order valence-electron chi connectivity index (χ2n) is 9.38. The van der Waals surface area contributed by atoms with Gasteiger partial charge in [0.25, 0.3) is 5.91 Å². The minimum atomic E-state index is -3.68. The average molecular weight is 604 g/mol. The van der Waals surface area contributed by atoms with Crippen LogP contribution in [0.15, 0.2) is 63.4 Å². The Kier molecular flexibility index (Phi) is 8.15. The van der Waals surface area contributed by atoms with E-state index >= 15 is 0 Å². The van der Waals surface area contributed by atoms with Gasteiger partial charge in [0.2, 0.25) is 11.7 Å². The molecular formula is C26H26ClN5O6S2. The number of sulfone groups is 1. The fourth-order valence-corrected chi connectivity index (χ4v) is 7.31. The van der Waals surface area contributed by atoms with Gasteiger partial charge in [0.15, 0.2) is 15.5 Å². The maximum atomic E-state index is 13.4. The average Bonchev–Trinajstić information content (AvgIpc) is 3.44. The molecule has 1 fully saturated rings. The van der Waals surface area contributed by atoms with Crippen molar-refractivity contribution in [3.05, 3.63) is 75.7 Å². The number of amides is 2. The summed E-state index contributed by atoms with van der Waals surface area (Å²) in [6.45, 7) is 0.671. The van der Waals surface area contributed by atoms with E-state index in [4.69, 9.17) is 11.6 Å². The molecular weight excluding hydrogens is 578 g/mol. The molecule has 210 valence electrons. The van der Waals surface area contributed by atoms with E-state index in [2.05, 4.69) is 9.97 Å². The quantitative estimate of drug-likeness (QED) is 0.384. The Hall–Kier alpha value is -3.42. The lowest BCUT2D eigenvalue weighted by Crippen LogP contribution is -2.46. The lowest BCUT2D eigenvalue weighted by molar-refractivity contribution is -0.129. The Morgan fingerprint density at radius 2 is 1.85 bits per heavy atom. The maximum Gasteiger partial charge on any atom is 0.315 e. The molecule has 3 aromatic rings. The number of carbonyl (C=O) groups is 2. The van der Waals surface area contributed by atoms with Crippen molar-refractivity contribution in [3.8, 4) is 5.75 Å². The highest BCUT2D eigenvalue weighted by molar-refractivity contribution is 8.00. The topological polar surface area (TPSA) is 143 Å². The first-order valence-electron chi connectivity index (χ1n) is 12.6. The van der Waals surface area contributed by atoms with Crippen LogP contribution in [0.25, 0.3) is 0 Å². The van der Waals surface area contributed by atoms with Crippen LogP contribution in [0, 0.1) is 0 Å². The third-order valence-electron chi connectivity index (χ3n) is 6.97. The van der Waals surface area contributed by atoms with E-state index < -0.39 is 33.1 Å². The summed E-state index contributed by atoms with van der Waals surface area (Å²) < 4.78 is 26.9. The van der Waals surface area contributed by atoms with Gasteiger partial charge in [0.1, 0.15) is 5.82 Å². The second-order valence-corrected chi connectivity index (χ2v) is 12.9. The molecule has 0 spiro atoms. The third-order valence-corrected chi connectivity index (χ3v) is 10.2. The van der Waals surface area contributed by atoms with Crippen molar-refractivity contribution >= 4 is 45.0 Å². The summed E-state index contributed by atoms with van der Waals surface area (Å²) in [6, 6.07) is 9.45. The van der Waals surface area contributed by atoms with E-state index in [1.165, 1.54) is 45.8 Å². The first-order valence-corrected chi connectivity index (χ1v) is 15.6. The van der Waals surface area contributed by atoms with Crippen LogP contribution >= 0.6 is 23.4 Å². The number of halogens is 1. The lowest BCUT2D eigenvalue weighted by Gasteiger charge is -2.33. The van der Waals surface area contributed by atoms with Gasteiger partial charge in [-0.1, -0.05) is 23.7 Å². The fraction of sp³-hybridized carbons (Fsp3) is 0.346. The minimum absolute atomic E-state index is 0.0941. The lowest BCUT2D eigenvalue weighted by atomic mass is 10.1. The van der Waals surface area contributed by atoms with Crippen LogP contribution in [-0.4, -0.2) is 80.8 Å². The molecule has 11 nitrogen and oxygen atoms in total. The van der Waals surface area contributed by atoms with Crippen LogP contribution in [0.1, 0.15) is 35.2 Å². The maximum absolute atomic E-state index is 13.4. The predicted molar refractivity (Wildman–Crippen MR) is 148 cm³/mol. The van der Waals surface area contributed by atoms with Crippen molar-refractivity contribution in [1.82, 2.24) is 24.3 Å². The summed E-state index contributed by atoms with van der Waals surface area (Å²) in [5.74, 6) is -1.58. The molecule has 0 unspecified atom stereocenters. The first-order chi connectivity index (χ1) is 19.2. The monoisotopic (exact) mass is 603 g/mol. The van der Waals surface area contributed by atoms with Gasteiger partial charge in [-0.3, -0.25) is 19.4 Å². The number of fused-ring (bicyclic) bond motifs is 1. The molecule has 2 aliphatic rings. The second kappa shape index (κ2) is 11.6. The first kappa shape index (κ1) is 28.1. The number of nitrogens with zero attached hydrogens (tertiary/aromatic N) is 5. The zero-order chi connectivity index (χ0) is 28.4. The molecule has 1 aromatic carbocycles. The summed E-state index contributed by atoms with van der Waals surface area (Å²) in [5.41, 5.74) is -1.21. The molecule has 0 saturated carbocycles. The van der Waals surface area contributed by atoms with Crippen LogP contribution in [0.3, 0.4) is 0 Å². The normalized spacial score (nSPS) is 17.2. The number of thioether (sulfide) groups is 1. The van der Waals surface area contributed by atoms with E-state index in [1.54, 1.807) is 11.0 Å². The number of carbonyl (C=O) groups excluding carboxylic acids is 2. The van der Waals surface area contributed by atoms with E-state index in [1.807, 2.05) is 18.2 Å². The van der Waals surface area contributed by atoms with Gasteiger partial charge in [-0.05, 0) is 37.1 Å². The van der Waals surface area contributed by atoms with Crippen LogP contribution in [0.5, 0.6) is 5.75 Å². The number of hydrogen-bond acceptors (Lipinski definition) is 9. The van der Waals surface area contributed by atoms with Gasteiger partial charge in [0.05, 0.1) is 27.5 Å². The van der Waals surface area contributed by atoms with Crippen molar-refractivity contribution in [2.75, 3.05) is 31.1 Å². The molecule has 0 radical (unpaired) electrons. The molecule has 1 N–H and O–H groups in total. The summed E-state index contributed by atoms with van der Waals surface area (Å²) in [7, 11) is -3.68. The number of aromatic nitrogens is 3. The van der Waals surface area contributed by atoms with Gasteiger partial charge in [-0.15, -0.1) is 11.8 Å². The summed E-state index contributed by atoms with van der Waals surface area (Å²) in [5, 5.41) is 11.1. The van der Waals surface area contributed by atoms with E-state index in [0.29, 0.717) is 24.4 Å². The van der Waals surface area contributed by atoms with Crippen molar-refractivity contribution in [2.45, 2.75) is 35.2 Å². The molecule has 40 heavy (non-hydrogen) atoms. The van der Waals surface area contributed by atoms with Crippen molar-refractivity contribution in [2.24, 2.45) is 0 Å². The number of rotatable bonds is 8. The molecule has 14 heteroatoms. The molecule has 0 bridgehead atoms. The van der Waals surface area contributed by atoms with Gasteiger partial charge >= 0.3 is 5.56 Å². The molecule has 2 aromatic heterocycles. The van der Waals surface area contributed by atoms with Crippen LogP contribution in [0.4, 0.5) is 0 Å². The number of likely N-dealkylation sites (tertiary alicyclic amines) is 1. The molecule has 1 atom stereocenters. The van der Waals surface area contributed by atoms with Gasteiger partial charge in [-0.25, -0.2) is 8.42 Å². The van der Waals surface area contributed by atoms with E-state index in [9.17, 15) is 27.9 Å². The Bertz CT molecular complexity index is 1620. The molecule has 0 aliphatic carbocycles. The molecule has 2 aliphatic heterocycles. The van der Waals surface area contributed by atoms with E-state index in [-0.39, 0.29) is 53.5 Å². The number of hydrogen-bond donors (Lipinski definition) is 1. The smallest absolute Gasteiger partial charge is 0.315 e. The Morgan fingerprint density at radius 3 is 2.60 bits per heavy atom. The van der Waals surface area contributed by atoms with Crippen molar-refractivity contribution in [3.63, 3.8) is 0 Å². The highest BCUT2D eigenvalue weighted by Gasteiger charge is 2.38. The fourth-order valence-electron chi connectivity index (χ4n) is 4.96. The van der Waals surface area contributed by atoms with Crippen LogP contribution in [0.2, 0.25) is 5.02 Å². The van der Waals surface area contributed by atoms with Crippen LogP contribution < -0.4 is 5.56 Å². The number of aromatic hydroxyl groups is 1. The largest absolute Gasteiger partial charge is 0.501 e. The predicted octanol–water partition coefficient (Wildman–Crippen LogP) is 2.38. The van der Waals surface area contributed by atoms with Gasteiger partial charge < -0.3 is 19.5 Å². The van der Waals surface area contributed by atoms with E-state index in [0.717, 1.165) is 4.90 Å². The third kappa shape index (κ3) is 5.58. The standard InChI is InChI=1S/C26H26ClN5O6S2/c27-18-4-1-2-6-20(18)39-16-21(33)31-11-3-5-19(31)24-29-25(35)23(34)22-26(36)30(12-13-32(22)24)14-15-40(37,38)17-7-9-28-10-8-17/h1-2,4,6-10,19,34H,3,5,11-16H2/t19-/m0/s1.